The third kappa shape index (κ3) is 4.87. The third-order valence-electron chi connectivity index (χ3n) is 4.34. The van der Waals surface area contributed by atoms with Gasteiger partial charge in [0, 0.05) is 10.0 Å². The van der Waals surface area contributed by atoms with Crippen LogP contribution in [0.15, 0.2) is 45.5 Å². The molecular weight excluding hydrogens is 424 g/mol. The summed E-state index contributed by atoms with van der Waals surface area (Å²) in [6.45, 7) is 8.33. The molecule has 1 aliphatic heterocycles. The Bertz CT molecular complexity index is 852. The van der Waals surface area contributed by atoms with Gasteiger partial charge in [0.05, 0.1) is 24.7 Å². The molecule has 1 unspecified atom stereocenters. The van der Waals surface area contributed by atoms with Gasteiger partial charge in [0.2, 0.25) is 5.88 Å². The number of ether oxygens (including phenoxy) is 3. The molecule has 6 nitrogen and oxygen atoms in total. The fourth-order valence-corrected chi connectivity index (χ4v) is 3.33. The SMILES string of the molecule is CCOC(=O)C1=C(C)OC(N)=C(C#N)C1c1cc(Br)ccc1OCCC(C)C. The number of esters is 1. The zero-order valence-electron chi connectivity index (χ0n) is 16.5. The molecule has 1 aromatic carbocycles. The first-order chi connectivity index (χ1) is 13.3. The lowest BCUT2D eigenvalue weighted by molar-refractivity contribution is -0.139. The monoisotopic (exact) mass is 448 g/mol. The van der Waals surface area contributed by atoms with Crippen molar-refractivity contribution in [2.75, 3.05) is 13.2 Å². The van der Waals surface area contributed by atoms with Crippen molar-refractivity contribution < 1.29 is 19.0 Å². The number of carbonyl (C=O) groups is 1. The normalized spacial score (nSPS) is 16.7. The Hall–Kier alpha value is -2.46. The first-order valence-electron chi connectivity index (χ1n) is 9.17. The molecule has 0 amide bonds. The van der Waals surface area contributed by atoms with E-state index in [0.717, 1.165) is 10.9 Å². The van der Waals surface area contributed by atoms with Crippen LogP contribution in [-0.2, 0) is 14.3 Å². The summed E-state index contributed by atoms with van der Waals surface area (Å²) in [6, 6.07) is 7.59. The van der Waals surface area contributed by atoms with Crippen LogP contribution < -0.4 is 10.5 Å². The second kappa shape index (κ2) is 9.65. The highest BCUT2D eigenvalue weighted by Crippen LogP contribution is 2.43. The number of nitrogens with zero attached hydrogens (tertiary/aromatic N) is 1. The highest BCUT2D eigenvalue weighted by Gasteiger charge is 2.38. The summed E-state index contributed by atoms with van der Waals surface area (Å²) >= 11 is 3.46. The van der Waals surface area contributed by atoms with E-state index in [4.69, 9.17) is 19.9 Å². The molecule has 1 aromatic rings. The number of benzene rings is 1. The van der Waals surface area contributed by atoms with Gasteiger partial charge in [0.15, 0.2) is 0 Å². The molecule has 0 saturated heterocycles. The van der Waals surface area contributed by atoms with Crippen molar-refractivity contribution in [1.82, 2.24) is 0 Å². The fraction of sp³-hybridized carbons (Fsp3) is 0.429. The van der Waals surface area contributed by atoms with Crippen molar-refractivity contribution in [2.24, 2.45) is 11.7 Å². The fourth-order valence-electron chi connectivity index (χ4n) is 2.95. The van der Waals surface area contributed by atoms with Gasteiger partial charge in [0.1, 0.15) is 23.2 Å². The second-order valence-corrected chi connectivity index (χ2v) is 7.74. The van der Waals surface area contributed by atoms with Crippen LogP contribution in [0, 0.1) is 17.2 Å². The van der Waals surface area contributed by atoms with Crippen molar-refractivity contribution in [1.29, 1.82) is 5.26 Å². The lowest BCUT2D eigenvalue weighted by Gasteiger charge is -2.28. The standard InChI is InChI=1S/C21H25BrN2O4/c1-5-26-21(25)18-13(4)28-20(24)16(11-23)19(18)15-10-14(22)6-7-17(15)27-9-8-12(2)3/h6-7,10,12,19H,5,8-9,24H2,1-4H3. The molecule has 0 bridgehead atoms. The minimum atomic E-state index is -0.732. The second-order valence-electron chi connectivity index (χ2n) is 6.83. The molecule has 0 fully saturated rings. The number of hydrogen-bond donors (Lipinski definition) is 1. The minimum absolute atomic E-state index is 0.0221. The molecule has 7 heteroatoms. The van der Waals surface area contributed by atoms with Crippen LogP contribution >= 0.6 is 15.9 Å². The van der Waals surface area contributed by atoms with Gasteiger partial charge >= 0.3 is 5.97 Å². The summed E-state index contributed by atoms with van der Waals surface area (Å²) in [5.41, 5.74) is 7.03. The van der Waals surface area contributed by atoms with E-state index in [-0.39, 0.29) is 23.6 Å². The van der Waals surface area contributed by atoms with E-state index in [1.807, 2.05) is 18.2 Å². The molecule has 1 atom stereocenters. The summed E-state index contributed by atoms with van der Waals surface area (Å²) < 4.78 is 17.5. The van der Waals surface area contributed by atoms with Crippen LogP contribution in [0.2, 0.25) is 0 Å². The molecule has 150 valence electrons. The molecule has 0 spiro atoms. The van der Waals surface area contributed by atoms with Gasteiger partial charge in [-0.1, -0.05) is 29.8 Å². The number of halogens is 1. The summed E-state index contributed by atoms with van der Waals surface area (Å²) in [7, 11) is 0. The van der Waals surface area contributed by atoms with Gasteiger partial charge in [-0.15, -0.1) is 0 Å². The van der Waals surface area contributed by atoms with Gasteiger partial charge in [0.25, 0.3) is 0 Å². The highest BCUT2D eigenvalue weighted by atomic mass is 79.9. The Balaban J connectivity index is 2.59. The molecule has 0 radical (unpaired) electrons. The molecule has 1 aliphatic rings. The van der Waals surface area contributed by atoms with E-state index in [9.17, 15) is 10.1 Å². The lowest BCUT2D eigenvalue weighted by Crippen LogP contribution is -2.26. The maximum Gasteiger partial charge on any atom is 0.338 e. The van der Waals surface area contributed by atoms with E-state index in [1.165, 1.54) is 0 Å². The minimum Gasteiger partial charge on any atom is -0.493 e. The molecule has 0 aliphatic carbocycles. The first kappa shape index (κ1) is 21.8. The zero-order valence-corrected chi connectivity index (χ0v) is 18.1. The van der Waals surface area contributed by atoms with E-state index < -0.39 is 11.9 Å². The Morgan fingerprint density at radius 2 is 2.14 bits per heavy atom. The number of rotatable bonds is 7. The number of nitriles is 1. The van der Waals surface area contributed by atoms with Crippen LogP contribution in [0.1, 0.15) is 45.6 Å². The average Bonchev–Trinajstić information content (AvgIpc) is 2.62. The Morgan fingerprint density at radius 1 is 1.43 bits per heavy atom. The van der Waals surface area contributed by atoms with E-state index in [0.29, 0.717) is 29.6 Å². The molecule has 2 rings (SSSR count). The maximum atomic E-state index is 12.7. The van der Waals surface area contributed by atoms with E-state index in [1.54, 1.807) is 13.8 Å². The summed E-state index contributed by atoms with van der Waals surface area (Å²) in [5, 5.41) is 9.72. The molecule has 28 heavy (non-hydrogen) atoms. The highest BCUT2D eigenvalue weighted by molar-refractivity contribution is 9.10. The molecule has 1 heterocycles. The van der Waals surface area contributed by atoms with Crippen LogP contribution in [0.3, 0.4) is 0 Å². The summed E-state index contributed by atoms with van der Waals surface area (Å²) in [5.74, 6) is 0.0947. The number of nitrogens with two attached hydrogens (primary N) is 1. The molecule has 0 saturated carbocycles. The molecule has 2 N–H and O–H groups in total. The van der Waals surface area contributed by atoms with E-state index >= 15 is 0 Å². The lowest BCUT2D eigenvalue weighted by atomic mass is 9.82. The molecule has 0 aromatic heterocycles. The Labute approximate surface area is 174 Å². The van der Waals surface area contributed by atoms with Crippen molar-refractivity contribution in [3.05, 3.63) is 51.0 Å². The maximum absolute atomic E-state index is 12.7. The van der Waals surface area contributed by atoms with Gasteiger partial charge in [-0.2, -0.15) is 5.26 Å². The Kier molecular flexibility index (Phi) is 7.53. The number of carbonyl (C=O) groups excluding carboxylic acids is 1. The topological polar surface area (TPSA) is 94.6 Å². The third-order valence-corrected chi connectivity index (χ3v) is 4.83. The van der Waals surface area contributed by atoms with Crippen molar-refractivity contribution in [3.63, 3.8) is 0 Å². The van der Waals surface area contributed by atoms with Crippen LogP contribution in [0.5, 0.6) is 5.75 Å². The first-order valence-corrected chi connectivity index (χ1v) is 9.97. The van der Waals surface area contributed by atoms with Gasteiger partial charge in [-0.05, 0) is 44.4 Å². The average molecular weight is 449 g/mol. The number of allylic oxidation sites excluding steroid dienone is 2. The Morgan fingerprint density at radius 3 is 2.75 bits per heavy atom. The smallest absolute Gasteiger partial charge is 0.338 e. The zero-order chi connectivity index (χ0) is 20.8. The number of hydrogen-bond acceptors (Lipinski definition) is 6. The predicted molar refractivity (Wildman–Crippen MR) is 109 cm³/mol. The van der Waals surface area contributed by atoms with E-state index in [2.05, 4.69) is 35.8 Å². The van der Waals surface area contributed by atoms with Gasteiger partial charge in [-0.25, -0.2) is 4.79 Å². The van der Waals surface area contributed by atoms with Gasteiger partial charge < -0.3 is 19.9 Å². The van der Waals surface area contributed by atoms with Crippen LogP contribution in [0.25, 0.3) is 0 Å². The van der Waals surface area contributed by atoms with Crippen molar-refractivity contribution >= 4 is 21.9 Å². The van der Waals surface area contributed by atoms with Crippen LogP contribution in [0.4, 0.5) is 0 Å². The van der Waals surface area contributed by atoms with Crippen molar-refractivity contribution in [3.8, 4) is 11.8 Å². The predicted octanol–water partition coefficient (Wildman–Crippen LogP) is 4.52. The summed E-state index contributed by atoms with van der Waals surface area (Å²) in [4.78, 5) is 12.7. The quantitative estimate of drug-likeness (QED) is 0.616. The largest absolute Gasteiger partial charge is 0.493 e. The van der Waals surface area contributed by atoms with Gasteiger partial charge in [-0.3, -0.25) is 0 Å². The van der Waals surface area contributed by atoms with Crippen LogP contribution in [-0.4, -0.2) is 19.2 Å². The van der Waals surface area contributed by atoms with Crippen molar-refractivity contribution in [2.45, 2.75) is 40.0 Å². The molecular formula is C21H25BrN2O4. The summed E-state index contributed by atoms with van der Waals surface area (Å²) in [6.07, 6.45) is 0.881.